The molecule has 0 saturated carbocycles. The molecule has 0 amide bonds. The molecule has 0 aliphatic carbocycles. The quantitative estimate of drug-likeness (QED) is 0.303. The van der Waals surface area contributed by atoms with E-state index in [0.717, 1.165) is 12.8 Å². The van der Waals surface area contributed by atoms with E-state index in [1.165, 1.54) is 12.1 Å². The van der Waals surface area contributed by atoms with E-state index < -0.39 is 29.8 Å². The summed E-state index contributed by atoms with van der Waals surface area (Å²) < 4.78 is 54.4. The molecule has 32 heavy (non-hydrogen) atoms. The number of anilines is 1. The predicted molar refractivity (Wildman–Crippen MR) is 115 cm³/mol. The molecule has 1 unspecified atom stereocenters. The molecule has 15 heteroatoms. The average molecular weight is 487 g/mol. The summed E-state index contributed by atoms with van der Waals surface area (Å²) in [5, 5.41) is 31.8. The SMILES string of the molecule is NS(=O)(=O)c1c(S(=O)(=O)N[C@@H]2CCNC2)ccc(N2CCCC(CO)C2)c1-c1nn[nH]n1. The number of aliphatic hydroxyl groups excluding tert-OH is 1. The molecule has 2 aliphatic heterocycles. The van der Waals surface area contributed by atoms with Crippen molar-refractivity contribution in [3.05, 3.63) is 12.1 Å². The van der Waals surface area contributed by atoms with E-state index >= 15 is 0 Å². The number of rotatable bonds is 7. The fourth-order valence-electron chi connectivity index (χ4n) is 4.27. The zero-order valence-electron chi connectivity index (χ0n) is 17.2. The van der Waals surface area contributed by atoms with Crippen LogP contribution in [-0.4, -0.2) is 81.4 Å². The average Bonchev–Trinajstić information content (AvgIpc) is 3.46. The Bertz CT molecular complexity index is 1160. The van der Waals surface area contributed by atoms with Gasteiger partial charge >= 0.3 is 0 Å². The largest absolute Gasteiger partial charge is 0.396 e. The first kappa shape index (κ1) is 23.0. The van der Waals surface area contributed by atoms with Gasteiger partial charge in [-0.1, -0.05) is 0 Å². The van der Waals surface area contributed by atoms with Crippen molar-refractivity contribution in [1.82, 2.24) is 30.7 Å². The lowest BCUT2D eigenvalue weighted by Gasteiger charge is -2.35. The van der Waals surface area contributed by atoms with Gasteiger partial charge in [0.1, 0.15) is 9.79 Å². The molecule has 0 radical (unpaired) electrons. The van der Waals surface area contributed by atoms with Crippen LogP contribution in [0.5, 0.6) is 0 Å². The third-order valence-corrected chi connectivity index (χ3v) is 8.43. The van der Waals surface area contributed by atoms with Crippen LogP contribution < -0.4 is 20.1 Å². The molecule has 4 rings (SSSR count). The van der Waals surface area contributed by atoms with E-state index in [1.807, 2.05) is 4.90 Å². The van der Waals surface area contributed by atoms with Crippen LogP contribution in [0, 0.1) is 5.92 Å². The van der Waals surface area contributed by atoms with Crippen LogP contribution in [0.1, 0.15) is 19.3 Å². The third kappa shape index (κ3) is 4.62. The zero-order valence-corrected chi connectivity index (χ0v) is 18.9. The normalized spacial score (nSPS) is 22.4. The predicted octanol–water partition coefficient (Wildman–Crippen LogP) is -1.64. The van der Waals surface area contributed by atoms with E-state index in [9.17, 15) is 21.9 Å². The van der Waals surface area contributed by atoms with Gasteiger partial charge in [-0.05, 0) is 49.1 Å². The molecule has 1 aromatic heterocycles. The lowest BCUT2D eigenvalue weighted by atomic mass is 9.97. The summed E-state index contributed by atoms with van der Waals surface area (Å²) in [6.45, 7) is 2.13. The number of benzene rings is 1. The molecule has 3 heterocycles. The van der Waals surface area contributed by atoms with Crippen LogP contribution in [0.15, 0.2) is 21.9 Å². The smallest absolute Gasteiger partial charge is 0.242 e. The maximum Gasteiger partial charge on any atom is 0.242 e. The first-order valence-electron chi connectivity index (χ1n) is 10.2. The number of piperidine rings is 1. The van der Waals surface area contributed by atoms with Gasteiger partial charge in [-0.25, -0.2) is 26.7 Å². The number of aromatic nitrogens is 4. The Kier molecular flexibility index (Phi) is 6.46. The molecule has 176 valence electrons. The Morgan fingerprint density at radius 2 is 2.06 bits per heavy atom. The van der Waals surface area contributed by atoms with E-state index in [2.05, 4.69) is 30.7 Å². The van der Waals surface area contributed by atoms with Crippen molar-refractivity contribution in [3.63, 3.8) is 0 Å². The molecule has 2 aromatic rings. The van der Waals surface area contributed by atoms with Crippen molar-refractivity contribution < 1.29 is 21.9 Å². The van der Waals surface area contributed by atoms with Gasteiger partial charge in [0.25, 0.3) is 0 Å². The van der Waals surface area contributed by atoms with Crippen LogP contribution in [0.3, 0.4) is 0 Å². The second-order valence-corrected chi connectivity index (χ2v) is 11.2. The van der Waals surface area contributed by atoms with Crippen molar-refractivity contribution in [2.24, 2.45) is 11.1 Å². The summed E-state index contributed by atoms with van der Waals surface area (Å²) >= 11 is 0. The Labute approximate surface area is 185 Å². The zero-order chi connectivity index (χ0) is 22.9. The number of nitrogens with one attached hydrogen (secondary N) is 3. The maximum absolute atomic E-state index is 13.2. The monoisotopic (exact) mass is 486 g/mol. The maximum atomic E-state index is 13.2. The number of hydrogen-bond donors (Lipinski definition) is 5. The van der Waals surface area contributed by atoms with E-state index in [4.69, 9.17) is 5.14 Å². The molecule has 2 aliphatic rings. The van der Waals surface area contributed by atoms with Crippen LogP contribution in [0.25, 0.3) is 11.4 Å². The van der Waals surface area contributed by atoms with Gasteiger partial charge in [0.05, 0.1) is 5.56 Å². The Hall–Kier alpha value is -2.17. The number of aromatic amines is 1. The molecule has 6 N–H and O–H groups in total. The highest BCUT2D eigenvalue weighted by molar-refractivity contribution is 7.92. The Balaban J connectivity index is 1.90. The number of hydrogen-bond acceptors (Lipinski definition) is 10. The van der Waals surface area contributed by atoms with Gasteiger partial charge in [0, 0.05) is 38.0 Å². The summed E-state index contributed by atoms with van der Waals surface area (Å²) in [5.74, 6) is -0.0884. The Morgan fingerprint density at radius 3 is 2.69 bits per heavy atom. The lowest BCUT2D eigenvalue weighted by molar-refractivity contribution is 0.209. The van der Waals surface area contributed by atoms with E-state index in [1.54, 1.807) is 0 Å². The molecule has 0 bridgehead atoms. The second kappa shape index (κ2) is 8.99. The number of tetrazole rings is 1. The number of nitrogens with zero attached hydrogens (tertiary/aromatic N) is 4. The number of aliphatic hydroxyl groups is 1. The number of nitrogens with two attached hydrogens (primary N) is 1. The third-order valence-electron chi connectivity index (χ3n) is 5.74. The summed E-state index contributed by atoms with van der Waals surface area (Å²) in [6.07, 6.45) is 2.19. The molecule has 2 atom stereocenters. The molecule has 2 saturated heterocycles. The molecular weight excluding hydrogens is 460 g/mol. The van der Waals surface area contributed by atoms with Crippen molar-refractivity contribution in [2.75, 3.05) is 37.7 Å². The first-order chi connectivity index (χ1) is 15.2. The van der Waals surface area contributed by atoms with Crippen LogP contribution in [0.4, 0.5) is 5.69 Å². The topological polar surface area (TPSA) is 196 Å². The van der Waals surface area contributed by atoms with E-state index in [0.29, 0.717) is 38.3 Å². The van der Waals surface area contributed by atoms with Crippen molar-refractivity contribution in [1.29, 1.82) is 0 Å². The summed E-state index contributed by atoms with van der Waals surface area (Å²) in [4.78, 5) is 0.835. The fourth-order valence-corrected chi connectivity index (χ4v) is 7.13. The minimum Gasteiger partial charge on any atom is -0.396 e. The van der Waals surface area contributed by atoms with Gasteiger partial charge < -0.3 is 15.3 Å². The molecule has 0 spiro atoms. The highest BCUT2D eigenvalue weighted by Crippen LogP contribution is 2.39. The highest BCUT2D eigenvalue weighted by atomic mass is 32.2. The van der Waals surface area contributed by atoms with Gasteiger partial charge in [0.2, 0.25) is 25.9 Å². The number of primary sulfonamides is 1. The first-order valence-corrected chi connectivity index (χ1v) is 13.3. The standard InChI is InChI=1S/C17H26N8O5S2/c18-31(27,28)16-14(32(29,30)22-12-5-6-19-8-12)4-3-13(15(16)17-20-23-24-21-17)25-7-1-2-11(9-25)10-26/h3-4,11-12,19,22,26H,1-2,5-10H2,(H2,18,27,28)(H,20,21,23,24)/t11?,12-/m1/s1. The van der Waals surface area contributed by atoms with Gasteiger partial charge in [-0.3, -0.25) is 0 Å². The van der Waals surface area contributed by atoms with Crippen molar-refractivity contribution >= 4 is 25.7 Å². The van der Waals surface area contributed by atoms with Gasteiger partial charge in [-0.15, -0.1) is 10.2 Å². The minimum atomic E-state index is -4.52. The molecular formula is C17H26N8O5S2. The summed E-state index contributed by atoms with van der Waals surface area (Å²) in [5.41, 5.74) is 0.377. The second-order valence-electron chi connectivity index (χ2n) is 8.02. The van der Waals surface area contributed by atoms with Crippen molar-refractivity contribution in [2.45, 2.75) is 35.1 Å². The Morgan fingerprint density at radius 1 is 1.25 bits per heavy atom. The molecule has 1 aromatic carbocycles. The van der Waals surface area contributed by atoms with Crippen LogP contribution in [-0.2, 0) is 20.0 Å². The highest BCUT2D eigenvalue weighted by Gasteiger charge is 2.35. The molecule has 2 fully saturated rings. The number of sulfonamides is 2. The molecule has 13 nitrogen and oxygen atoms in total. The minimum absolute atomic E-state index is 0.000237. The number of H-pyrrole nitrogens is 1. The fraction of sp³-hybridized carbons (Fsp3) is 0.588. The summed E-state index contributed by atoms with van der Waals surface area (Å²) in [6, 6.07) is 2.40. The van der Waals surface area contributed by atoms with Crippen LogP contribution in [0.2, 0.25) is 0 Å². The van der Waals surface area contributed by atoms with E-state index in [-0.39, 0.29) is 30.0 Å². The van der Waals surface area contributed by atoms with Gasteiger partial charge in [-0.2, -0.15) is 5.21 Å². The van der Waals surface area contributed by atoms with Crippen LogP contribution >= 0.6 is 0 Å². The van der Waals surface area contributed by atoms with Crippen molar-refractivity contribution in [3.8, 4) is 11.4 Å². The summed E-state index contributed by atoms with van der Waals surface area (Å²) in [7, 11) is -8.75. The van der Waals surface area contributed by atoms with Gasteiger partial charge in [0.15, 0.2) is 0 Å². The lowest BCUT2D eigenvalue weighted by Crippen LogP contribution is -2.38.